The molecule has 1 aromatic heterocycles. The van der Waals surface area contributed by atoms with Gasteiger partial charge in [0.15, 0.2) is 0 Å². The van der Waals surface area contributed by atoms with E-state index in [4.69, 9.17) is 4.74 Å². The Hall–Kier alpha value is -1.23. The van der Waals surface area contributed by atoms with Gasteiger partial charge in [0, 0.05) is 13.2 Å². The first-order valence-electron chi connectivity index (χ1n) is 5.16. The minimum absolute atomic E-state index is 0.391. The third-order valence-corrected chi connectivity index (χ3v) is 2.85. The topological polar surface area (TPSA) is 59.9 Å². The summed E-state index contributed by atoms with van der Waals surface area (Å²) in [6, 6.07) is 0.429. The first kappa shape index (κ1) is 10.3. The van der Waals surface area contributed by atoms with Gasteiger partial charge in [-0.25, -0.2) is 4.98 Å². The Morgan fingerprint density at radius 1 is 1.20 bits per heavy atom. The van der Waals surface area contributed by atoms with E-state index in [9.17, 15) is 0 Å². The van der Waals surface area contributed by atoms with Crippen molar-refractivity contribution in [1.29, 1.82) is 0 Å². The lowest BCUT2D eigenvalue weighted by Gasteiger charge is -2.34. The zero-order valence-electron chi connectivity index (χ0n) is 9.32. The second kappa shape index (κ2) is 4.10. The average molecular weight is 208 g/mol. The molecule has 82 valence electrons. The van der Waals surface area contributed by atoms with Gasteiger partial charge in [0.25, 0.3) is 0 Å². The molecule has 0 unspecified atom stereocenters. The molecule has 0 aromatic carbocycles. The molecule has 1 aliphatic carbocycles. The number of anilines is 1. The molecular formula is C10H16N4O. The van der Waals surface area contributed by atoms with Gasteiger partial charge in [-0.1, -0.05) is 0 Å². The van der Waals surface area contributed by atoms with Crippen LogP contribution >= 0.6 is 0 Å². The number of methoxy groups -OCH3 is 1. The van der Waals surface area contributed by atoms with Crippen LogP contribution in [0.1, 0.15) is 24.2 Å². The number of aryl methyl sites for hydroxylation is 2. The summed E-state index contributed by atoms with van der Waals surface area (Å²) < 4.78 is 5.20. The summed E-state index contributed by atoms with van der Waals surface area (Å²) in [5.41, 5.74) is 1.80. The fourth-order valence-corrected chi connectivity index (χ4v) is 1.58. The van der Waals surface area contributed by atoms with Crippen molar-refractivity contribution in [3.8, 4) is 0 Å². The van der Waals surface area contributed by atoms with E-state index in [2.05, 4.69) is 20.5 Å². The highest BCUT2D eigenvalue weighted by atomic mass is 16.5. The van der Waals surface area contributed by atoms with Crippen LogP contribution in [0.5, 0.6) is 0 Å². The van der Waals surface area contributed by atoms with Crippen molar-refractivity contribution in [2.45, 2.75) is 38.8 Å². The highest BCUT2D eigenvalue weighted by Crippen LogP contribution is 2.24. The number of nitrogens with one attached hydrogen (secondary N) is 1. The Labute approximate surface area is 89.3 Å². The third kappa shape index (κ3) is 2.23. The molecule has 0 saturated heterocycles. The Morgan fingerprint density at radius 2 is 1.93 bits per heavy atom. The summed E-state index contributed by atoms with van der Waals surface area (Å²) in [5, 5.41) is 11.3. The molecule has 1 fully saturated rings. The van der Waals surface area contributed by atoms with Gasteiger partial charge in [0.05, 0.1) is 17.5 Å². The smallest absolute Gasteiger partial charge is 0.243 e. The summed E-state index contributed by atoms with van der Waals surface area (Å²) in [6.07, 6.45) is 2.43. The van der Waals surface area contributed by atoms with E-state index >= 15 is 0 Å². The van der Waals surface area contributed by atoms with E-state index in [-0.39, 0.29) is 0 Å². The highest BCUT2D eigenvalue weighted by molar-refractivity contribution is 5.27. The molecule has 1 aromatic rings. The summed E-state index contributed by atoms with van der Waals surface area (Å²) in [4.78, 5) is 4.32. The second-order valence-corrected chi connectivity index (χ2v) is 3.98. The van der Waals surface area contributed by atoms with Crippen LogP contribution in [0.15, 0.2) is 0 Å². The van der Waals surface area contributed by atoms with Gasteiger partial charge >= 0.3 is 0 Å². The first-order chi connectivity index (χ1) is 7.19. The van der Waals surface area contributed by atoms with Gasteiger partial charge in [0.1, 0.15) is 0 Å². The van der Waals surface area contributed by atoms with Gasteiger partial charge < -0.3 is 10.1 Å². The van der Waals surface area contributed by atoms with E-state index in [1.807, 2.05) is 13.8 Å². The van der Waals surface area contributed by atoms with Gasteiger partial charge in [0.2, 0.25) is 5.95 Å². The molecule has 1 saturated carbocycles. The quantitative estimate of drug-likeness (QED) is 0.805. The highest BCUT2D eigenvalue weighted by Gasteiger charge is 2.29. The molecule has 0 atom stereocenters. The summed E-state index contributed by atoms with van der Waals surface area (Å²) >= 11 is 0. The molecule has 5 heteroatoms. The number of hydrogen-bond acceptors (Lipinski definition) is 5. The Kier molecular flexibility index (Phi) is 2.81. The fraction of sp³-hybridized carbons (Fsp3) is 0.700. The van der Waals surface area contributed by atoms with E-state index < -0.39 is 0 Å². The van der Waals surface area contributed by atoms with Crippen molar-refractivity contribution in [3.05, 3.63) is 11.4 Å². The maximum Gasteiger partial charge on any atom is 0.243 e. The van der Waals surface area contributed by atoms with Crippen molar-refractivity contribution in [1.82, 2.24) is 15.2 Å². The van der Waals surface area contributed by atoms with E-state index in [0.717, 1.165) is 24.2 Å². The van der Waals surface area contributed by atoms with Crippen LogP contribution in [-0.4, -0.2) is 34.4 Å². The summed E-state index contributed by atoms with van der Waals surface area (Å²) in [7, 11) is 1.75. The molecule has 15 heavy (non-hydrogen) atoms. The van der Waals surface area contributed by atoms with Gasteiger partial charge in [-0.15, -0.1) is 5.10 Å². The van der Waals surface area contributed by atoms with Crippen molar-refractivity contribution < 1.29 is 4.74 Å². The number of nitrogens with zero attached hydrogens (tertiary/aromatic N) is 3. The SMILES string of the molecule is COC1CC(Nc2nnc(C)c(C)n2)C1. The minimum Gasteiger partial charge on any atom is -0.381 e. The van der Waals surface area contributed by atoms with Crippen molar-refractivity contribution in [2.24, 2.45) is 0 Å². The van der Waals surface area contributed by atoms with E-state index in [1.54, 1.807) is 7.11 Å². The molecule has 0 aliphatic heterocycles. The van der Waals surface area contributed by atoms with E-state index in [0.29, 0.717) is 18.1 Å². The predicted octanol–water partition coefficient (Wildman–Crippen LogP) is 1.08. The van der Waals surface area contributed by atoms with Crippen LogP contribution in [0.25, 0.3) is 0 Å². The van der Waals surface area contributed by atoms with E-state index in [1.165, 1.54) is 0 Å². The van der Waals surface area contributed by atoms with Crippen LogP contribution in [-0.2, 0) is 4.74 Å². The average Bonchev–Trinajstić information content (AvgIpc) is 2.16. The molecule has 0 amide bonds. The monoisotopic (exact) mass is 208 g/mol. The zero-order chi connectivity index (χ0) is 10.8. The van der Waals surface area contributed by atoms with Crippen LogP contribution in [0.2, 0.25) is 0 Å². The van der Waals surface area contributed by atoms with Crippen LogP contribution < -0.4 is 5.32 Å². The molecule has 1 aliphatic rings. The third-order valence-electron chi connectivity index (χ3n) is 2.85. The standard InChI is InChI=1S/C10H16N4O/c1-6-7(2)13-14-10(11-6)12-8-4-9(5-8)15-3/h8-9H,4-5H2,1-3H3,(H,11,12,14). The van der Waals surface area contributed by atoms with Crippen LogP contribution in [0, 0.1) is 13.8 Å². The summed E-state index contributed by atoms with van der Waals surface area (Å²) in [6.45, 7) is 3.84. The number of aromatic nitrogens is 3. The molecule has 0 bridgehead atoms. The van der Waals surface area contributed by atoms with Crippen molar-refractivity contribution >= 4 is 5.95 Å². The lowest BCUT2D eigenvalue weighted by molar-refractivity contribution is 0.0326. The molecule has 0 spiro atoms. The maximum atomic E-state index is 5.20. The van der Waals surface area contributed by atoms with Crippen LogP contribution in [0.4, 0.5) is 5.95 Å². The molecular weight excluding hydrogens is 192 g/mol. The zero-order valence-corrected chi connectivity index (χ0v) is 9.32. The lowest BCUT2D eigenvalue weighted by atomic mass is 9.89. The van der Waals surface area contributed by atoms with Gasteiger partial charge in [-0.2, -0.15) is 5.10 Å². The first-order valence-corrected chi connectivity index (χ1v) is 5.16. The fourth-order valence-electron chi connectivity index (χ4n) is 1.58. The summed E-state index contributed by atoms with van der Waals surface area (Å²) in [5.74, 6) is 0.623. The van der Waals surface area contributed by atoms with Crippen molar-refractivity contribution in [3.63, 3.8) is 0 Å². The molecule has 1 N–H and O–H groups in total. The van der Waals surface area contributed by atoms with Crippen molar-refractivity contribution in [2.75, 3.05) is 12.4 Å². The van der Waals surface area contributed by atoms with Crippen LogP contribution in [0.3, 0.4) is 0 Å². The number of ether oxygens (including phenoxy) is 1. The molecule has 2 rings (SSSR count). The normalized spacial score (nSPS) is 24.7. The van der Waals surface area contributed by atoms with Gasteiger partial charge in [-0.3, -0.25) is 0 Å². The predicted molar refractivity (Wildman–Crippen MR) is 56.7 cm³/mol. The number of hydrogen-bond donors (Lipinski definition) is 1. The molecule has 0 radical (unpaired) electrons. The molecule has 1 heterocycles. The molecule has 5 nitrogen and oxygen atoms in total. The second-order valence-electron chi connectivity index (χ2n) is 3.98. The Morgan fingerprint density at radius 3 is 2.53 bits per heavy atom. The Bertz CT molecular complexity index is 349. The number of rotatable bonds is 3. The largest absolute Gasteiger partial charge is 0.381 e. The lowest BCUT2D eigenvalue weighted by Crippen LogP contribution is -2.40. The minimum atomic E-state index is 0.391. The Balaban J connectivity index is 1.92. The maximum absolute atomic E-state index is 5.20. The van der Waals surface area contributed by atoms with Gasteiger partial charge in [-0.05, 0) is 26.7 Å².